The van der Waals surface area contributed by atoms with E-state index in [1.807, 2.05) is 43.1 Å². The number of para-hydroxylation sites is 1. The molecule has 27 heavy (non-hydrogen) atoms. The van der Waals surface area contributed by atoms with Gasteiger partial charge in [0.25, 0.3) is 0 Å². The minimum absolute atomic E-state index is 0.0574. The molecule has 4 bridgehead atoms. The number of carbonyl (C=O) groups is 1. The molecule has 4 nitrogen and oxygen atoms in total. The number of aryl methyl sites for hydroxylation is 1. The summed E-state index contributed by atoms with van der Waals surface area (Å²) < 4.78 is 5.84. The van der Waals surface area contributed by atoms with Crippen LogP contribution in [0.4, 0.5) is 0 Å². The normalized spacial score (nSPS) is 33.9. The van der Waals surface area contributed by atoms with E-state index in [-0.39, 0.29) is 11.3 Å². The van der Waals surface area contributed by atoms with Crippen LogP contribution in [0.2, 0.25) is 0 Å². The number of carbonyl (C=O) groups excluding carboxylic acids is 1. The van der Waals surface area contributed by atoms with Gasteiger partial charge in [-0.15, -0.1) is 0 Å². The average molecular weight is 372 g/mol. The molecule has 4 heteroatoms. The Kier molecular flexibility index (Phi) is 4.96. The Morgan fingerprint density at radius 3 is 2.59 bits per heavy atom. The Balaban J connectivity index is 1.26. The van der Waals surface area contributed by atoms with E-state index in [9.17, 15) is 9.90 Å². The monoisotopic (exact) mass is 371 g/mol. The molecule has 1 N–H and O–H groups in total. The summed E-state index contributed by atoms with van der Waals surface area (Å²) in [6.45, 7) is 3.39. The van der Waals surface area contributed by atoms with Gasteiger partial charge < -0.3 is 14.7 Å². The summed E-state index contributed by atoms with van der Waals surface area (Å²) in [6, 6.07) is 8.03. The zero-order valence-electron chi connectivity index (χ0n) is 16.7. The Labute approximate surface area is 162 Å². The van der Waals surface area contributed by atoms with Gasteiger partial charge in [-0.25, -0.2) is 0 Å². The van der Waals surface area contributed by atoms with Gasteiger partial charge in [0.05, 0.1) is 12.2 Å². The zero-order valence-corrected chi connectivity index (χ0v) is 16.7. The third-order valence-corrected chi connectivity index (χ3v) is 7.09. The summed E-state index contributed by atoms with van der Waals surface area (Å²) in [5.41, 5.74) is 0.716. The topological polar surface area (TPSA) is 49.8 Å². The number of hydrogen-bond acceptors (Lipinski definition) is 3. The Morgan fingerprint density at radius 1 is 1.22 bits per heavy atom. The second kappa shape index (κ2) is 7.12. The molecular weight excluding hydrogens is 338 g/mol. The van der Waals surface area contributed by atoms with Crippen LogP contribution in [0.3, 0.4) is 0 Å². The van der Waals surface area contributed by atoms with Gasteiger partial charge in [0.1, 0.15) is 5.75 Å². The second-order valence-corrected chi connectivity index (χ2v) is 9.64. The molecule has 0 saturated heterocycles. The molecule has 1 amide bonds. The van der Waals surface area contributed by atoms with Crippen LogP contribution in [-0.2, 0) is 4.79 Å². The van der Waals surface area contributed by atoms with E-state index in [0.29, 0.717) is 24.9 Å². The number of hydrogen-bond donors (Lipinski definition) is 1. The van der Waals surface area contributed by atoms with Crippen molar-refractivity contribution in [1.29, 1.82) is 0 Å². The number of nitrogens with zero attached hydrogens (tertiary/aromatic N) is 1. The number of ether oxygens (including phenoxy) is 1. The van der Waals surface area contributed by atoms with Crippen LogP contribution >= 0.6 is 0 Å². The maximum atomic E-state index is 12.9. The molecule has 4 fully saturated rings. The molecule has 0 spiro atoms. The zero-order chi connectivity index (χ0) is 19.1. The first-order chi connectivity index (χ1) is 12.9. The summed E-state index contributed by atoms with van der Waals surface area (Å²) in [7, 11) is 1.91. The van der Waals surface area contributed by atoms with Crippen molar-refractivity contribution >= 4 is 5.91 Å². The molecule has 4 atom stereocenters. The minimum Gasteiger partial charge on any atom is -0.493 e. The van der Waals surface area contributed by atoms with Crippen LogP contribution in [0.1, 0.15) is 56.9 Å². The smallest absolute Gasteiger partial charge is 0.222 e. The fraction of sp³-hybridized carbons (Fsp3) is 0.696. The Hall–Kier alpha value is -1.55. The molecular formula is C23H33NO3. The molecule has 4 aliphatic carbocycles. The van der Waals surface area contributed by atoms with Gasteiger partial charge in [0.2, 0.25) is 5.91 Å². The molecule has 148 valence electrons. The fourth-order valence-electron chi connectivity index (χ4n) is 6.39. The molecule has 0 aliphatic heterocycles. The molecule has 4 aliphatic rings. The lowest BCUT2D eigenvalue weighted by atomic mass is 9.47. The summed E-state index contributed by atoms with van der Waals surface area (Å²) >= 11 is 0. The third kappa shape index (κ3) is 4.01. The molecule has 0 aromatic heterocycles. The van der Waals surface area contributed by atoms with Gasteiger partial charge in [0.15, 0.2) is 0 Å². The maximum Gasteiger partial charge on any atom is 0.222 e. The lowest BCUT2D eigenvalue weighted by Crippen LogP contribution is -2.56. The standard InChI is InChI=1S/C23H33NO3/c1-17-6-3-4-7-20(17)27-9-5-8-24(2)21(25)15-22-11-18-10-19(12-22)14-23(26,13-18)16-22/h3-4,6-7,18-19,26H,5,8-16H2,1-2H3/t18-,19+,22?,23?. The molecule has 4 saturated carbocycles. The first kappa shape index (κ1) is 18.8. The summed E-state index contributed by atoms with van der Waals surface area (Å²) in [4.78, 5) is 14.7. The highest BCUT2D eigenvalue weighted by molar-refractivity contribution is 5.76. The quantitative estimate of drug-likeness (QED) is 0.739. The van der Waals surface area contributed by atoms with Crippen molar-refractivity contribution in [1.82, 2.24) is 4.90 Å². The largest absolute Gasteiger partial charge is 0.493 e. The molecule has 1 aromatic carbocycles. The Morgan fingerprint density at radius 2 is 1.93 bits per heavy atom. The average Bonchev–Trinajstić information content (AvgIpc) is 2.57. The van der Waals surface area contributed by atoms with Gasteiger partial charge in [-0.1, -0.05) is 18.2 Å². The van der Waals surface area contributed by atoms with E-state index < -0.39 is 5.60 Å². The first-order valence-corrected chi connectivity index (χ1v) is 10.5. The molecule has 0 radical (unpaired) electrons. The molecule has 1 aromatic rings. The lowest BCUT2D eigenvalue weighted by molar-refractivity contribution is -0.171. The van der Waals surface area contributed by atoms with Crippen molar-refractivity contribution in [3.05, 3.63) is 29.8 Å². The van der Waals surface area contributed by atoms with Gasteiger partial charge in [-0.2, -0.15) is 0 Å². The molecule has 2 unspecified atom stereocenters. The van der Waals surface area contributed by atoms with Crippen LogP contribution in [0, 0.1) is 24.2 Å². The van der Waals surface area contributed by atoms with Gasteiger partial charge in [-0.3, -0.25) is 4.79 Å². The third-order valence-electron chi connectivity index (χ3n) is 7.09. The minimum atomic E-state index is -0.482. The van der Waals surface area contributed by atoms with Crippen LogP contribution in [-0.4, -0.2) is 41.7 Å². The number of amides is 1. The number of rotatable bonds is 7. The SMILES string of the molecule is Cc1ccccc1OCCCN(C)C(=O)CC12C[C@@H]3C[C@@H](CC(O)(C3)C1)C2. The molecule has 0 heterocycles. The van der Waals surface area contributed by atoms with Gasteiger partial charge in [-0.05, 0) is 80.8 Å². The second-order valence-electron chi connectivity index (χ2n) is 9.64. The van der Waals surface area contributed by atoms with Crippen molar-refractivity contribution in [3.8, 4) is 5.75 Å². The van der Waals surface area contributed by atoms with Crippen LogP contribution < -0.4 is 4.74 Å². The van der Waals surface area contributed by atoms with E-state index in [4.69, 9.17) is 4.74 Å². The fourth-order valence-corrected chi connectivity index (χ4v) is 6.39. The van der Waals surface area contributed by atoms with E-state index in [1.54, 1.807) is 0 Å². The highest BCUT2D eigenvalue weighted by atomic mass is 16.5. The van der Waals surface area contributed by atoms with Crippen molar-refractivity contribution in [3.63, 3.8) is 0 Å². The van der Waals surface area contributed by atoms with Gasteiger partial charge in [0, 0.05) is 20.0 Å². The van der Waals surface area contributed by atoms with Crippen LogP contribution in [0.5, 0.6) is 5.75 Å². The van der Waals surface area contributed by atoms with Crippen LogP contribution in [0.25, 0.3) is 0 Å². The van der Waals surface area contributed by atoms with Gasteiger partial charge >= 0.3 is 0 Å². The van der Waals surface area contributed by atoms with E-state index in [1.165, 1.54) is 6.42 Å². The van der Waals surface area contributed by atoms with E-state index in [0.717, 1.165) is 56.4 Å². The number of aliphatic hydroxyl groups is 1. The van der Waals surface area contributed by atoms with Crippen molar-refractivity contribution in [2.24, 2.45) is 17.3 Å². The van der Waals surface area contributed by atoms with E-state index in [2.05, 4.69) is 0 Å². The molecule has 5 rings (SSSR count). The van der Waals surface area contributed by atoms with Crippen molar-refractivity contribution in [2.75, 3.05) is 20.2 Å². The number of benzene rings is 1. The van der Waals surface area contributed by atoms with Crippen molar-refractivity contribution in [2.45, 2.75) is 63.9 Å². The van der Waals surface area contributed by atoms with Crippen LogP contribution in [0.15, 0.2) is 24.3 Å². The maximum absolute atomic E-state index is 12.9. The summed E-state index contributed by atoms with van der Waals surface area (Å²) in [5.74, 6) is 2.43. The van der Waals surface area contributed by atoms with Crippen molar-refractivity contribution < 1.29 is 14.6 Å². The predicted octanol–water partition coefficient (Wildman–Crippen LogP) is 3.94. The van der Waals surface area contributed by atoms with E-state index >= 15 is 0 Å². The summed E-state index contributed by atoms with van der Waals surface area (Å²) in [5, 5.41) is 10.9. The summed E-state index contributed by atoms with van der Waals surface area (Å²) in [6.07, 6.45) is 7.75. The lowest BCUT2D eigenvalue weighted by Gasteiger charge is -2.60. The highest BCUT2D eigenvalue weighted by Gasteiger charge is 2.57. The highest BCUT2D eigenvalue weighted by Crippen LogP contribution is 2.62. The Bertz CT molecular complexity index is 687. The first-order valence-electron chi connectivity index (χ1n) is 10.5. The predicted molar refractivity (Wildman–Crippen MR) is 106 cm³/mol.